The Kier molecular flexibility index (Phi) is 7.55. The number of carbonyl (C=O) groups is 2. The van der Waals surface area contributed by atoms with Gasteiger partial charge in [0.1, 0.15) is 5.82 Å². The quantitative estimate of drug-likeness (QED) is 0.458. The Hall–Kier alpha value is -2.99. The molecule has 1 unspecified atom stereocenters. The maximum Gasteiger partial charge on any atom is 0.242 e. The van der Waals surface area contributed by atoms with E-state index in [1.807, 2.05) is 47.5 Å². The number of nitrogens with zero attached hydrogens (tertiary/aromatic N) is 2. The highest BCUT2D eigenvalue weighted by atomic mass is 32.1. The Morgan fingerprint density at radius 3 is 2.58 bits per heavy atom. The highest BCUT2D eigenvalue weighted by Crippen LogP contribution is 2.37. The van der Waals surface area contributed by atoms with Gasteiger partial charge in [-0.05, 0) is 59.5 Å². The highest BCUT2D eigenvalue weighted by molar-refractivity contribution is 7.10. The van der Waals surface area contributed by atoms with Gasteiger partial charge < -0.3 is 9.80 Å². The van der Waals surface area contributed by atoms with Crippen LogP contribution in [0.2, 0.25) is 0 Å². The molecule has 0 aliphatic carbocycles. The third-order valence-electron chi connectivity index (χ3n) is 6.11. The Labute approximate surface area is 198 Å². The first-order chi connectivity index (χ1) is 16.1. The predicted molar refractivity (Wildman–Crippen MR) is 130 cm³/mol. The second-order valence-electron chi connectivity index (χ2n) is 8.39. The predicted octanol–water partition coefficient (Wildman–Crippen LogP) is 5.23. The zero-order valence-corrected chi connectivity index (χ0v) is 19.7. The molecule has 1 aliphatic heterocycles. The summed E-state index contributed by atoms with van der Waals surface area (Å²) in [5.41, 5.74) is 3.11. The van der Waals surface area contributed by atoms with E-state index in [4.69, 9.17) is 0 Å². The second kappa shape index (κ2) is 10.8. The number of hydrogen-bond donors (Lipinski definition) is 0. The lowest BCUT2D eigenvalue weighted by atomic mass is 9.93. The first kappa shape index (κ1) is 23.2. The molecule has 6 heteroatoms. The molecule has 0 N–H and O–H groups in total. The fraction of sp³-hybridized carbons (Fsp3) is 0.333. The van der Waals surface area contributed by atoms with E-state index in [9.17, 15) is 14.0 Å². The van der Waals surface area contributed by atoms with E-state index < -0.39 is 0 Å². The molecule has 1 atom stereocenters. The normalized spacial score (nSPS) is 15.2. The summed E-state index contributed by atoms with van der Waals surface area (Å²) in [6.07, 6.45) is 2.63. The third-order valence-corrected chi connectivity index (χ3v) is 7.11. The molecule has 1 aromatic heterocycles. The monoisotopic (exact) mass is 464 g/mol. The van der Waals surface area contributed by atoms with E-state index in [-0.39, 0.29) is 30.2 Å². The van der Waals surface area contributed by atoms with Crippen molar-refractivity contribution < 1.29 is 14.0 Å². The lowest BCUT2D eigenvalue weighted by molar-refractivity contribution is -0.141. The number of carbonyl (C=O) groups excluding carboxylic acids is 2. The van der Waals surface area contributed by atoms with Gasteiger partial charge in [0.15, 0.2) is 0 Å². The number of amides is 2. The fourth-order valence-electron chi connectivity index (χ4n) is 4.46. The summed E-state index contributed by atoms with van der Waals surface area (Å²) in [5.74, 6) is -0.362. The van der Waals surface area contributed by atoms with Crippen molar-refractivity contribution in [1.29, 1.82) is 0 Å². The van der Waals surface area contributed by atoms with Gasteiger partial charge in [-0.1, -0.05) is 49.4 Å². The van der Waals surface area contributed by atoms with Gasteiger partial charge in [-0.2, -0.15) is 0 Å². The Morgan fingerprint density at radius 2 is 1.85 bits per heavy atom. The number of halogens is 1. The van der Waals surface area contributed by atoms with E-state index in [1.165, 1.54) is 17.0 Å². The van der Waals surface area contributed by atoms with Crippen LogP contribution in [-0.2, 0) is 22.4 Å². The number of aryl methyl sites for hydroxylation is 1. The maximum absolute atomic E-state index is 13.6. The van der Waals surface area contributed by atoms with Crippen molar-refractivity contribution in [3.05, 3.63) is 93.4 Å². The smallest absolute Gasteiger partial charge is 0.242 e. The van der Waals surface area contributed by atoms with Crippen LogP contribution in [0.1, 0.15) is 47.4 Å². The topological polar surface area (TPSA) is 40.6 Å². The molecule has 0 saturated heterocycles. The standard InChI is InChI=1S/C27H29FN2O2S/c1-2-16-29(25(31)13-8-20-6-4-3-5-7-20)19-26(32)30-17-14-24-23(15-18-33-24)27(30)21-9-11-22(28)12-10-21/h3-7,9-12,15,18,27H,2,8,13-14,16-17,19H2,1H3. The molecular formula is C27H29FN2O2S. The Morgan fingerprint density at radius 1 is 1.09 bits per heavy atom. The number of hydrogen-bond acceptors (Lipinski definition) is 3. The van der Waals surface area contributed by atoms with Gasteiger partial charge in [-0.25, -0.2) is 4.39 Å². The van der Waals surface area contributed by atoms with E-state index in [0.717, 1.165) is 29.5 Å². The zero-order chi connectivity index (χ0) is 23.2. The third kappa shape index (κ3) is 5.50. The molecule has 3 aromatic rings. The maximum atomic E-state index is 13.6. The molecule has 1 aliphatic rings. The SMILES string of the molecule is CCCN(CC(=O)N1CCc2sccc2C1c1ccc(F)cc1)C(=O)CCc1ccccc1. The molecule has 0 spiro atoms. The van der Waals surface area contributed by atoms with Gasteiger partial charge >= 0.3 is 0 Å². The van der Waals surface area contributed by atoms with Gasteiger partial charge in [-0.15, -0.1) is 11.3 Å². The molecule has 0 bridgehead atoms. The van der Waals surface area contributed by atoms with E-state index >= 15 is 0 Å². The van der Waals surface area contributed by atoms with Crippen LogP contribution in [0.5, 0.6) is 0 Å². The van der Waals surface area contributed by atoms with Crippen LogP contribution in [0.3, 0.4) is 0 Å². The number of benzene rings is 2. The summed E-state index contributed by atoms with van der Waals surface area (Å²) < 4.78 is 13.6. The molecule has 0 fully saturated rings. The van der Waals surface area contributed by atoms with Crippen molar-refractivity contribution in [2.24, 2.45) is 0 Å². The van der Waals surface area contributed by atoms with Gasteiger partial charge in [-0.3, -0.25) is 9.59 Å². The lowest BCUT2D eigenvalue weighted by Crippen LogP contribution is -2.47. The summed E-state index contributed by atoms with van der Waals surface area (Å²) in [6.45, 7) is 3.23. The Balaban J connectivity index is 1.50. The molecule has 4 nitrogen and oxygen atoms in total. The highest BCUT2D eigenvalue weighted by Gasteiger charge is 2.33. The number of rotatable bonds is 8. The van der Waals surface area contributed by atoms with E-state index in [0.29, 0.717) is 25.9 Å². The van der Waals surface area contributed by atoms with Gasteiger partial charge in [0.05, 0.1) is 12.6 Å². The van der Waals surface area contributed by atoms with Crippen LogP contribution in [0.25, 0.3) is 0 Å². The van der Waals surface area contributed by atoms with Crippen molar-refractivity contribution >= 4 is 23.2 Å². The first-order valence-corrected chi connectivity index (χ1v) is 12.4. The zero-order valence-electron chi connectivity index (χ0n) is 18.9. The minimum absolute atomic E-state index is 0.000571. The summed E-state index contributed by atoms with van der Waals surface area (Å²) in [5, 5.41) is 2.05. The summed E-state index contributed by atoms with van der Waals surface area (Å²) >= 11 is 1.70. The lowest BCUT2D eigenvalue weighted by Gasteiger charge is -2.37. The van der Waals surface area contributed by atoms with Crippen molar-refractivity contribution in [2.75, 3.05) is 19.6 Å². The van der Waals surface area contributed by atoms with Crippen LogP contribution in [0.15, 0.2) is 66.0 Å². The average Bonchev–Trinajstić information content (AvgIpc) is 3.32. The summed E-state index contributed by atoms with van der Waals surface area (Å²) in [6, 6.07) is 18.1. The van der Waals surface area contributed by atoms with Crippen molar-refractivity contribution in [3.8, 4) is 0 Å². The Bertz CT molecular complexity index is 1080. The van der Waals surface area contributed by atoms with Gasteiger partial charge in [0, 0.05) is 24.4 Å². The molecule has 0 radical (unpaired) electrons. The van der Waals surface area contributed by atoms with E-state index in [2.05, 4.69) is 6.07 Å². The molecule has 33 heavy (non-hydrogen) atoms. The van der Waals surface area contributed by atoms with Crippen molar-refractivity contribution in [2.45, 2.75) is 38.6 Å². The van der Waals surface area contributed by atoms with Crippen LogP contribution >= 0.6 is 11.3 Å². The van der Waals surface area contributed by atoms with Crippen LogP contribution in [0, 0.1) is 5.82 Å². The van der Waals surface area contributed by atoms with Crippen LogP contribution in [0.4, 0.5) is 4.39 Å². The average molecular weight is 465 g/mol. The number of fused-ring (bicyclic) bond motifs is 1. The van der Waals surface area contributed by atoms with Gasteiger partial charge in [0.2, 0.25) is 11.8 Å². The van der Waals surface area contributed by atoms with Crippen molar-refractivity contribution in [1.82, 2.24) is 9.80 Å². The molecule has 2 heterocycles. The minimum Gasteiger partial charge on any atom is -0.333 e. The molecule has 172 valence electrons. The molecule has 0 saturated carbocycles. The van der Waals surface area contributed by atoms with E-state index in [1.54, 1.807) is 28.4 Å². The molecular weight excluding hydrogens is 435 g/mol. The largest absolute Gasteiger partial charge is 0.333 e. The minimum atomic E-state index is -0.295. The molecule has 2 aromatic carbocycles. The summed E-state index contributed by atoms with van der Waals surface area (Å²) in [4.78, 5) is 31.3. The second-order valence-corrected chi connectivity index (χ2v) is 9.39. The van der Waals surface area contributed by atoms with Gasteiger partial charge in [0.25, 0.3) is 0 Å². The summed E-state index contributed by atoms with van der Waals surface area (Å²) in [7, 11) is 0. The molecule has 2 amide bonds. The van der Waals surface area contributed by atoms with Crippen LogP contribution < -0.4 is 0 Å². The first-order valence-electron chi connectivity index (χ1n) is 11.5. The van der Waals surface area contributed by atoms with Crippen LogP contribution in [-0.4, -0.2) is 41.2 Å². The molecule has 4 rings (SSSR count). The fourth-order valence-corrected chi connectivity index (χ4v) is 5.36. The number of thiophene rings is 1. The van der Waals surface area contributed by atoms with Crippen molar-refractivity contribution in [3.63, 3.8) is 0 Å².